The van der Waals surface area contributed by atoms with Gasteiger partial charge in [0.1, 0.15) is 0 Å². The van der Waals surface area contributed by atoms with E-state index in [2.05, 4.69) is 6.07 Å². The molecule has 1 aromatic carbocycles. The number of ether oxygens (including phenoxy) is 1. The van der Waals surface area contributed by atoms with Crippen molar-refractivity contribution in [2.45, 2.75) is 38.0 Å². The van der Waals surface area contributed by atoms with Gasteiger partial charge < -0.3 is 15.6 Å². The molecule has 1 aromatic rings. The molecule has 0 atom stereocenters. The first-order valence-electron chi connectivity index (χ1n) is 6.21. The Bertz CT molecular complexity index is 409. The summed E-state index contributed by atoms with van der Waals surface area (Å²) < 4.78 is 5.22. The van der Waals surface area contributed by atoms with Crippen LogP contribution in [0.2, 0.25) is 0 Å². The highest BCUT2D eigenvalue weighted by atomic mass is 16.5. The van der Waals surface area contributed by atoms with Crippen molar-refractivity contribution in [3.63, 3.8) is 0 Å². The first kappa shape index (κ1) is 12.2. The van der Waals surface area contributed by atoms with E-state index < -0.39 is 0 Å². The number of benzene rings is 1. The van der Waals surface area contributed by atoms with Crippen LogP contribution in [0.1, 0.15) is 36.8 Å². The van der Waals surface area contributed by atoms with Crippen LogP contribution in [0.4, 0.5) is 0 Å². The molecule has 3 heteroatoms. The van der Waals surface area contributed by atoms with Crippen LogP contribution < -0.4 is 10.5 Å². The highest BCUT2D eigenvalue weighted by molar-refractivity contribution is 5.52. The first-order chi connectivity index (χ1) is 8.13. The van der Waals surface area contributed by atoms with Crippen molar-refractivity contribution >= 4 is 0 Å². The molecule has 0 amide bonds. The van der Waals surface area contributed by atoms with Crippen LogP contribution in [0.15, 0.2) is 12.1 Å². The summed E-state index contributed by atoms with van der Waals surface area (Å²) in [6, 6.07) is 3.91. The van der Waals surface area contributed by atoms with Crippen molar-refractivity contribution in [2.24, 2.45) is 5.73 Å². The number of rotatable bonds is 3. The van der Waals surface area contributed by atoms with Crippen molar-refractivity contribution in [1.29, 1.82) is 0 Å². The maximum Gasteiger partial charge on any atom is 0.161 e. The van der Waals surface area contributed by atoms with E-state index in [0.29, 0.717) is 12.3 Å². The van der Waals surface area contributed by atoms with Crippen LogP contribution >= 0.6 is 0 Å². The summed E-state index contributed by atoms with van der Waals surface area (Å²) >= 11 is 0. The number of hydrogen-bond acceptors (Lipinski definition) is 3. The molecule has 94 valence electrons. The van der Waals surface area contributed by atoms with Gasteiger partial charge in [-0.05, 0) is 31.4 Å². The molecule has 1 aliphatic rings. The zero-order valence-electron chi connectivity index (χ0n) is 10.6. The Balaban J connectivity index is 2.53. The van der Waals surface area contributed by atoms with Crippen LogP contribution in [-0.2, 0) is 5.41 Å². The third-order valence-electron chi connectivity index (χ3n) is 3.96. The van der Waals surface area contributed by atoms with E-state index in [1.165, 1.54) is 12.8 Å². The van der Waals surface area contributed by atoms with E-state index >= 15 is 0 Å². The van der Waals surface area contributed by atoms with Gasteiger partial charge >= 0.3 is 0 Å². The monoisotopic (exact) mass is 235 g/mol. The Labute approximate surface area is 103 Å². The Morgan fingerprint density at radius 2 is 2.00 bits per heavy atom. The molecule has 0 spiro atoms. The van der Waals surface area contributed by atoms with Gasteiger partial charge in [-0.15, -0.1) is 0 Å². The van der Waals surface area contributed by atoms with Gasteiger partial charge in [0.05, 0.1) is 7.11 Å². The van der Waals surface area contributed by atoms with Gasteiger partial charge in [-0.25, -0.2) is 0 Å². The summed E-state index contributed by atoms with van der Waals surface area (Å²) in [7, 11) is 1.59. The Kier molecular flexibility index (Phi) is 3.29. The summed E-state index contributed by atoms with van der Waals surface area (Å²) in [5.41, 5.74) is 7.98. The molecule has 0 aliphatic heterocycles. The Morgan fingerprint density at radius 1 is 1.35 bits per heavy atom. The largest absolute Gasteiger partial charge is 0.504 e. The van der Waals surface area contributed by atoms with Crippen molar-refractivity contribution in [3.05, 3.63) is 23.3 Å². The van der Waals surface area contributed by atoms with Crippen LogP contribution in [0.25, 0.3) is 0 Å². The van der Waals surface area contributed by atoms with E-state index in [1.54, 1.807) is 7.11 Å². The minimum atomic E-state index is -0.0522. The molecule has 0 radical (unpaired) electrons. The summed E-state index contributed by atoms with van der Waals surface area (Å²) in [6.45, 7) is 2.61. The molecule has 1 saturated carbocycles. The highest BCUT2D eigenvalue weighted by Gasteiger charge is 2.37. The molecule has 3 N–H and O–H groups in total. The smallest absolute Gasteiger partial charge is 0.161 e. The fourth-order valence-electron chi connectivity index (χ4n) is 2.94. The fourth-order valence-corrected chi connectivity index (χ4v) is 2.94. The maximum absolute atomic E-state index is 10.3. The minimum absolute atomic E-state index is 0.0522. The summed E-state index contributed by atoms with van der Waals surface area (Å²) in [4.78, 5) is 0. The zero-order chi connectivity index (χ0) is 12.5. The average Bonchev–Trinajstić information content (AvgIpc) is 2.81. The molecule has 0 aromatic heterocycles. The van der Waals surface area contributed by atoms with E-state index in [9.17, 15) is 5.11 Å². The Morgan fingerprint density at radius 3 is 2.53 bits per heavy atom. The van der Waals surface area contributed by atoms with Gasteiger partial charge in [-0.1, -0.05) is 18.9 Å². The lowest BCUT2D eigenvalue weighted by molar-refractivity contribution is 0.354. The molecule has 0 saturated heterocycles. The molecular formula is C14H21NO2. The van der Waals surface area contributed by atoms with Gasteiger partial charge in [-0.2, -0.15) is 0 Å². The fraction of sp³-hybridized carbons (Fsp3) is 0.571. The van der Waals surface area contributed by atoms with Crippen molar-refractivity contribution < 1.29 is 9.84 Å². The van der Waals surface area contributed by atoms with Crippen molar-refractivity contribution in [1.82, 2.24) is 0 Å². The van der Waals surface area contributed by atoms with Crippen LogP contribution in [0, 0.1) is 6.92 Å². The lowest BCUT2D eigenvalue weighted by Gasteiger charge is -2.29. The minimum Gasteiger partial charge on any atom is -0.504 e. The topological polar surface area (TPSA) is 55.5 Å². The van der Waals surface area contributed by atoms with Gasteiger partial charge in [0.25, 0.3) is 0 Å². The SMILES string of the molecule is COc1cc(C)cc(C2(CN)CCCC2)c1O. The number of phenolic OH excluding ortho intramolecular Hbond substituents is 1. The number of hydrogen-bond donors (Lipinski definition) is 2. The average molecular weight is 235 g/mol. The maximum atomic E-state index is 10.3. The van der Waals surface area contributed by atoms with Gasteiger partial charge in [0.2, 0.25) is 0 Å². The summed E-state index contributed by atoms with van der Waals surface area (Å²) in [5.74, 6) is 0.824. The second-order valence-corrected chi connectivity index (χ2v) is 5.05. The Hall–Kier alpha value is -1.22. The lowest BCUT2D eigenvalue weighted by atomic mass is 9.78. The third kappa shape index (κ3) is 2.00. The van der Waals surface area contributed by atoms with Gasteiger partial charge in [0.15, 0.2) is 11.5 Å². The molecule has 3 nitrogen and oxygen atoms in total. The number of phenols is 1. The van der Waals surface area contributed by atoms with Gasteiger partial charge in [0, 0.05) is 17.5 Å². The predicted molar refractivity (Wildman–Crippen MR) is 68.6 cm³/mol. The van der Waals surface area contributed by atoms with Crippen LogP contribution in [0.5, 0.6) is 11.5 Å². The van der Waals surface area contributed by atoms with E-state index in [0.717, 1.165) is 24.0 Å². The molecule has 17 heavy (non-hydrogen) atoms. The zero-order valence-corrected chi connectivity index (χ0v) is 10.6. The second-order valence-electron chi connectivity index (χ2n) is 5.05. The first-order valence-corrected chi connectivity index (χ1v) is 6.21. The normalized spacial score (nSPS) is 18.3. The van der Waals surface area contributed by atoms with Crippen LogP contribution in [-0.4, -0.2) is 18.8 Å². The van der Waals surface area contributed by atoms with E-state index in [1.807, 2.05) is 13.0 Å². The molecule has 2 rings (SSSR count). The van der Waals surface area contributed by atoms with E-state index in [-0.39, 0.29) is 11.2 Å². The van der Waals surface area contributed by atoms with E-state index in [4.69, 9.17) is 10.5 Å². The lowest BCUT2D eigenvalue weighted by Crippen LogP contribution is -2.32. The number of aromatic hydroxyl groups is 1. The second kappa shape index (κ2) is 4.57. The molecular weight excluding hydrogens is 214 g/mol. The summed E-state index contributed by atoms with van der Waals surface area (Å²) in [5, 5.41) is 10.3. The molecule has 0 bridgehead atoms. The number of methoxy groups -OCH3 is 1. The highest BCUT2D eigenvalue weighted by Crippen LogP contribution is 2.46. The number of aryl methyl sites for hydroxylation is 1. The van der Waals surface area contributed by atoms with Crippen molar-refractivity contribution in [3.8, 4) is 11.5 Å². The quantitative estimate of drug-likeness (QED) is 0.846. The molecule has 1 fully saturated rings. The van der Waals surface area contributed by atoms with Crippen molar-refractivity contribution in [2.75, 3.05) is 13.7 Å². The standard InChI is InChI=1S/C14H21NO2/c1-10-7-11(13(16)12(8-10)17-2)14(9-15)5-3-4-6-14/h7-8,16H,3-6,9,15H2,1-2H3. The molecule has 1 aliphatic carbocycles. The predicted octanol–water partition coefficient (Wildman–Crippen LogP) is 2.48. The third-order valence-corrected chi connectivity index (χ3v) is 3.96. The summed E-state index contributed by atoms with van der Waals surface area (Å²) in [6.07, 6.45) is 4.49. The van der Waals surface area contributed by atoms with Gasteiger partial charge in [-0.3, -0.25) is 0 Å². The molecule has 0 heterocycles. The van der Waals surface area contributed by atoms with Crippen LogP contribution in [0.3, 0.4) is 0 Å². The number of nitrogens with two attached hydrogens (primary N) is 1. The molecule has 0 unspecified atom stereocenters.